The second-order valence-electron chi connectivity index (χ2n) is 5.58. The molecule has 8 heteroatoms. The van der Waals surface area contributed by atoms with E-state index in [-0.39, 0.29) is 24.0 Å². The number of carbonyl (C=O) groups is 4. The van der Waals surface area contributed by atoms with Crippen molar-refractivity contribution in [2.24, 2.45) is 0 Å². The summed E-state index contributed by atoms with van der Waals surface area (Å²) >= 11 is 0. The second-order valence-corrected chi connectivity index (χ2v) is 5.58. The fraction of sp³-hybridized carbons (Fsp3) is 0.444. The Hall–Kier alpha value is -2.90. The molecule has 0 fully saturated rings. The SMILES string of the molecule is CCCCc1cc(C(=O)O)ccc1C(=O)O.O=C(O)CCCCC(=O)O. The van der Waals surface area contributed by atoms with E-state index in [4.69, 9.17) is 20.4 Å². The molecule has 0 aliphatic rings. The number of aromatic carboxylic acids is 2. The van der Waals surface area contributed by atoms with E-state index in [1.165, 1.54) is 18.2 Å². The number of carboxylic acid groups (broad SMARTS) is 4. The van der Waals surface area contributed by atoms with Gasteiger partial charge >= 0.3 is 23.9 Å². The van der Waals surface area contributed by atoms with Crippen LogP contribution in [0.4, 0.5) is 0 Å². The minimum absolute atomic E-state index is 0.0628. The Morgan fingerprint density at radius 2 is 1.35 bits per heavy atom. The third kappa shape index (κ3) is 10.1. The van der Waals surface area contributed by atoms with Gasteiger partial charge in [0.2, 0.25) is 0 Å². The number of hydrogen-bond donors (Lipinski definition) is 4. The predicted octanol–water partition coefficient (Wildman–Crippen LogP) is 3.14. The maximum atomic E-state index is 10.9. The summed E-state index contributed by atoms with van der Waals surface area (Å²) in [5.74, 6) is -3.78. The normalized spacial score (nSPS) is 9.73. The van der Waals surface area contributed by atoms with E-state index in [1.807, 2.05) is 6.92 Å². The van der Waals surface area contributed by atoms with Crippen molar-refractivity contribution in [3.05, 3.63) is 34.9 Å². The molecule has 0 saturated carbocycles. The van der Waals surface area contributed by atoms with Gasteiger partial charge in [-0.15, -0.1) is 0 Å². The summed E-state index contributed by atoms with van der Waals surface area (Å²) in [6.07, 6.45) is 3.41. The van der Waals surface area contributed by atoms with Crippen molar-refractivity contribution in [1.29, 1.82) is 0 Å². The van der Waals surface area contributed by atoms with Crippen LogP contribution in [0.3, 0.4) is 0 Å². The van der Waals surface area contributed by atoms with Crippen LogP contribution in [0.25, 0.3) is 0 Å². The van der Waals surface area contributed by atoms with E-state index in [2.05, 4.69) is 0 Å². The van der Waals surface area contributed by atoms with Crippen molar-refractivity contribution in [3.8, 4) is 0 Å². The Bertz CT molecular complexity index is 620. The molecule has 8 nitrogen and oxygen atoms in total. The van der Waals surface area contributed by atoms with E-state index < -0.39 is 23.9 Å². The standard InChI is InChI=1S/C12H14O4.C6H10O4/c1-2-3-4-8-7-9(11(13)14)5-6-10(8)12(15)16;7-5(8)3-1-2-4-6(9)10/h5-7H,2-4H2,1H3,(H,13,14)(H,15,16);1-4H2,(H,7,8)(H,9,10). The van der Waals surface area contributed by atoms with E-state index in [9.17, 15) is 19.2 Å². The summed E-state index contributed by atoms with van der Waals surface area (Å²) < 4.78 is 0. The summed E-state index contributed by atoms with van der Waals surface area (Å²) in [5.41, 5.74) is 0.920. The quantitative estimate of drug-likeness (QED) is 0.460. The second kappa shape index (κ2) is 12.5. The van der Waals surface area contributed by atoms with E-state index >= 15 is 0 Å². The number of rotatable bonds is 10. The van der Waals surface area contributed by atoms with Crippen LogP contribution in [0.5, 0.6) is 0 Å². The van der Waals surface area contributed by atoms with Crippen molar-refractivity contribution >= 4 is 23.9 Å². The Morgan fingerprint density at radius 3 is 1.73 bits per heavy atom. The van der Waals surface area contributed by atoms with Crippen molar-refractivity contribution in [1.82, 2.24) is 0 Å². The van der Waals surface area contributed by atoms with Crippen LogP contribution in [0, 0.1) is 0 Å². The van der Waals surface area contributed by atoms with Gasteiger partial charge in [-0.2, -0.15) is 0 Å². The summed E-state index contributed by atoms with van der Waals surface area (Å²) in [6, 6.07) is 4.12. The van der Waals surface area contributed by atoms with Crippen LogP contribution in [0.2, 0.25) is 0 Å². The molecule has 26 heavy (non-hydrogen) atoms. The zero-order valence-electron chi connectivity index (χ0n) is 14.6. The van der Waals surface area contributed by atoms with Gasteiger partial charge in [0.05, 0.1) is 11.1 Å². The summed E-state index contributed by atoms with van der Waals surface area (Å²) in [7, 11) is 0. The maximum absolute atomic E-state index is 10.9. The lowest BCUT2D eigenvalue weighted by Crippen LogP contribution is -2.05. The van der Waals surface area contributed by atoms with Crippen LogP contribution in [-0.4, -0.2) is 44.3 Å². The van der Waals surface area contributed by atoms with Gasteiger partial charge in [0, 0.05) is 12.8 Å². The largest absolute Gasteiger partial charge is 0.481 e. The topological polar surface area (TPSA) is 149 Å². The molecule has 0 spiro atoms. The van der Waals surface area contributed by atoms with Crippen LogP contribution < -0.4 is 0 Å². The van der Waals surface area contributed by atoms with Crippen molar-refractivity contribution in [2.45, 2.75) is 51.9 Å². The summed E-state index contributed by atoms with van der Waals surface area (Å²) in [5, 5.41) is 34.0. The van der Waals surface area contributed by atoms with Crippen molar-refractivity contribution in [2.75, 3.05) is 0 Å². The molecule has 1 aromatic carbocycles. The lowest BCUT2D eigenvalue weighted by atomic mass is 9.99. The smallest absolute Gasteiger partial charge is 0.335 e. The van der Waals surface area contributed by atoms with E-state index in [0.717, 1.165) is 12.8 Å². The molecule has 144 valence electrons. The highest BCUT2D eigenvalue weighted by atomic mass is 16.4. The molecular weight excluding hydrogens is 344 g/mol. The highest BCUT2D eigenvalue weighted by molar-refractivity contribution is 5.93. The zero-order valence-corrected chi connectivity index (χ0v) is 14.6. The fourth-order valence-corrected chi connectivity index (χ4v) is 2.06. The highest BCUT2D eigenvalue weighted by Gasteiger charge is 2.12. The van der Waals surface area contributed by atoms with Gasteiger partial charge in [-0.3, -0.25) is 9.59 Å². The minimum atomic E-state index is -1.03. The maximum Gasteiger partial charge on any atom is 0.335 e. The van der Waals surface area contributed by atoms with Crippen molar-refractivity contribution in [3.63, 3.8) is 0 Å². The first-order chi connectivity index (χ1) is 12.2. The van der Waals surface area contributed by atoms with Gasteiger partial charge < -0.3 is 20.4 Å². The molecule has 0 amide bonds. The lowest BCUT2D eigenvalue weighted by Gasteiger charge is -2.06. The third-order valence-corrected chi connectivity index (χ3v) is 3.41. The lowest BCUT2D eigenvalue weighted by molar-refractivity contribution is -0.139. The van der Waals surface area contributed by atoms with Crippen molar-refractivity contribution < 1.29 is 39.6 Å². The van der Waals surface area contributed by atoms with Gasteiger partial charge in [-0.05, 0) is 49.4 Å². The number of benzene rings is 1. The van der Waals surface area contributed by atoms with Crippen LogP contribution in [-0.2, 0) is 16.0 Å². The monoisotopic (exact) mass is 368 g/mol. The molecule has 4 N–H and O–H groups in total. The zero-order chi connectivity index (χ0) is 20.1. The van der Waals surface area contributed by atoms with Gasteiger partial charge in [0.25, 0.3) is 0 Å². The van der Waals surface area contributed by atoms with E-state index in [0.29, 0.717) is 24.8 Å². The Kier molecular flexibility index (Phi) is 11.1. The summed E-state index contributed by atoms with van der Waals surface area (Å²) in [6.45, 7) is 2.00. The van der Waals surface area contributed by atoms with Crippen LogP contribution in [0.15, 0.2) is 18.2 Å². The Balaban J connectivity index is 0.000000541. The third-order valence-electron chi connectivity index (χ3n) is 3.41. The van der Waals surface area contributed by atoms with E-state index in [1.54, 1.807) is 0 Å². The summed E-state index contributed by atoms with van der Waals surface area (Å²) in [4.78, 5) is 41.5. The molecule has 0 aliphatic heterocycles. The Morgan fingerprint density at radius 1 is 0.808 bits per heavy atom. The molecule has 0 aromatic heterocycles. The highest BCUT2D eigenvalue weighted by Crippen LogP contribution is 2.15. The number of hydrogen-bond acceptors (Lipinski definition) is 4. The number of carboxylic acids is 4. The van der Waals surface area contributed by atoms with Gasteiger partial charge in [-0.1, -0.05) is 13.3 Å². The van der Waals surface area contributed by atoms with Gasteiger partial charge in [0.15, 0.2) is 0 Å². The van der Waals surface area contributed by atoms with Crippen LogP contribution in [0.1, 0.15) is 71.7 Å². The molecule has 1 rings (SSSR count). The molecule has 0 bridgehead atoms. The first-order valence-corrected chi connectivity index (χ1v) is 8.22. The fourth-order valence-electron chi connectivity index (χ4n) is 2.06. The average Bonchev–Trinajstić information content (AvgIpc) is 2.56. The van der Waals surface area contributed by atoms with Gasteiger partial charge in [-0.25, -0.2) is 9.59 Å². The molecule has 0 saturated heterocycles. The predicted molar refractivity (Wildman–Crippen MR) is 92.7 cm³/mol. The molecule has 0 aliphatic carbocycles. The number of unbranched alkanes of at least 4 members (excludes halogenated alkanes) is 2. The molecule has 0 heterocycles. The molecule has 0 radical (unpaired) electrons. The van der Waals surface area contributed by atoms with Crippen LogP contribution >= 0.6 is 0 Å². The molecule has 0 unspecified atom stereocenters. The first kappa shape index (κ1) is 23.1. The number of aliphatic carboxylic acids is 2. The molecule has 0 atom stereocenters. The molecular formula is C18H24O8. The minimum Gasteiger partial charge on any atom is -0.481 e. The Labute approximate surface area is 151 Å². The first-order valence-electron chi connectivity index (χ1n) is 8.22. The van der Waals surface area contributed by atoms with Gasteiger partial charge in [0.1, 0.15) is 0 Å². The average molecular weight is 368 g/mol. The molecule has 1 aromatic rings. The number of aryl methyl sites for hydroxylation is 1.